The molecule has 1 fully saturated rings. The average molecular weight is 172 g/mol. The van der Waals surface area contributed by atoms with Crippen LogP contribution in [0.1, 0.15) is 39.5 Å². The fourth-order valence-corrected chi connectivity index (χ4v) is 1.47. The molecule has 1 rings (SSSR count). The van der Waals surface area contributed by atoms with E-state index in [9.17, 15) is 0 Å². The van der Waals surface area contributed by atoms with Crippen LogP contribution in [-0.2, 0) is 9.47 Å². The van der Waals surface area contributed by atoms with Crippen LogP contribution >= 0.6 is 0 Å². The largest absolute Gasteiger partial charge is 0.379 e. The van der Waals surface area contributed by atoms with Crippen molar-refractivity contribution in [2.24, 2.45) is 0 Å². The number of rotatable bonds is 5. The van der Waals surface area contributed by atoms with E-state index in [1.54, 1.807) is 0 Å². The summed E-state index contributed by atoms with van der Waals surface area (Å²) in [5.41, 5.74) is 0. The lowest BCUT2D eigenvalue weighted by Crippen LogP contribution is -2.16. The third-order valence-corrected chi connectivity index (χ3v) is 2.27. The maximum Gasteiger partial charge on any atom is 0.0813 e. The highest BCUT2D eigenvalue weighted by Gasteiger charge is 2.21. The second kappa shape index (κ2) is 5.55. The molecule has 0 radical (unpaired) electrons. The predicted octanol–water partition coefficient (Wildman–Crippen LogP) is 2.37. The molecule has 2 nitrogen and oxygen atoms in total. The van der Waals surface area contributed by atoms with Gasteiger partial charge in [0.05, 0.1) is 18.8 Å². The SMILES string of the molecule is CCCCOCC1CCC(C)O1. The molecule has 1 saturated heterocycles. The van der Waals surface area contributed by atoms with Crippen LogP contribution in [-0.4, -0.2) is 25.4 Å². The molecule has 0 spiro atoms. The van der Waals surface area contributed by atoms with Crippen molar-refractivity contribution in [2.45, 2.75) is 51.7 Å². The Bertz CT molecular complexity index is 114. The Balaban J connectivity index is 1.93. The highest BCUT2D eigenvalue weighted by Crippen LogP contribution is 2.18. The first kappa shape index (κ1) is 10.0. The minimum absolute atomic E-state index is 0.372. The highest BCUT2D eigenvalue weighted by atomic mass is 16.5. The summed E-state index contributed by atoms with van der Waals surface area (Å²) in [6.45, 7) is 6.00. The first-order valence-corrected chi connectivity index (χ1v) is 5.06. The molecular formula is C10H20O2. The lowest BCUT2D eigenvalue weighted by atomic mass is 10.2. The zero-order valence-electron chi connectivity index (χ0n) is 8.21. The van der Waals surface area contributed by atoms with Crippen LogP contribution in [0.3, 0.4) is 0 Å². The number of ether oxygens (including phenoxy) is 2. The maximum atomic E-state index is 5.62. The van der Waals surface area contributed by atoms with Gasteiger partial charge in [-0.05, 0) is 26.2 Å². The molecule has 1 heterocycles. The summed E-state index contributed by atoms with van der Waals surface area (Å²) in [5.74, 6) is 0. The van der Waals surface area contributed by atoms with E-state index in [0.29, 0.717) is 12.2 Å². The van der Waals surface area contributed by atoms with Crippen LogP contribution in [0.5, 0.6) is 0 Å². The van der Waals surface area contributed by atoms with Crippen LogP contribution in [0, 0.1) is 0 Å². The molecule has 2 heteroatoms. The molecule has 12 heavy (non-hydrogen) atoms. The van der Waals surface area contributed by atoms with E-state index in [2.05, 4.69) is 13.8 Å². The van der Waals surface area contributed by atoms with E-state index in [0.717, 1.165) is 13.2 Å². The van der Waals surface area contributed by atoms with E-state index < -0.39 is 0 Å². The minimum Gasteiger partial charge on any atom is -0.379 e. The van der Waals surface area contributed by atoms with Gasteiger partial charge in [0.15, 0.2) is 0 Å². The second-order valence-corrected chi connectivity index (χ2v) is 3.57. The predicted molar refractivity (Wildman–Crippen MR) is 49.3 cm³/mol. The van der Waals surface area contributed by atoms with Crippen molar-refractivity contribution in [2.75, 3.05) is 13.2 Å². The summed E-state index contributed by atoms with van der Waals surface area (Å²) in [6, 6.07) is 0. The first-order valence-electron chi connectivity index (χ1n) is 5.06. The van der Waals surface area contributed by atoms with Gasteiger partial charge in [-0.1, -0.05) is 13.3 Å². The summed E-state index contributed by atoms with van der Waals surface area (Å²) in [6.07, 6.45) is 5.57. The summed E-state index contributed by atoms with van der Waals surface area (Å²) < 4.78 is 11.1. The number of hydrogen-bond acceptors (Lipinski definition) is 2. The molecule has 0 bridgehead atoms. The van der Waals surface area contributed by atoms with Crippen LogP contribution in [0.2, 0.25) is 0 Å². The van der Waals surface area contributed by atoms with Gasteiger partial charge in [-0.15, -0.1) is 0 Å². The zero-order chi connectivity index (χ0) is 8.81. The third-order valence-electron chi connectivity index (χ3n) is 2.27. The molecule has 2 atom stereocenters. The lowest BCUT2D eigenvalue weighted by molar-refractivity contribution is -0.00966. The average Bonchev–Trinajstić information content (AvgIpc) is 2.45. The van der Waals surface area contributed by atoms with Crippen LogP contribution in [0.15, 0.2) is 0 Å². The fourth-order valence-electron chi connectivity index (χ4n) is 1.47. The van der Waals surface area contributed by atoms with Crippen LogP contribution < -0.4 is 0 Å². The second-order valence-electron chi connectivity index (χ2n) is 3.57. The molecule has 0 amide bonds. The van der Waals surface area contributed by atoms with Crippen molar-refractivity contribution in [1.82, 2.24) is 0 Å². The van der Waals surface area contributed by atoms with E-state index >= 15 is 0 Å². The maximum absolute atomic E-state index is 5.62. The molecule has 1 aliphatic heterocycles. The Morgan fingerprint density at radius 1 is 1.42 bits per heavy atom. The van der Waals surface area contributed by atoms with Gasteiger partial charge in [0.2, 0.25) is 0 Å². The zero-order valence-corrected chi connectivity index (χ0v) is 8.21. The molecule has 2 unspecified atom stereocenters. The molecular weight excluding hydrogens is 152 g/mol. The van der Waals surface area contributed by atoms with Crippen molar-refractivity contribution in [3.63, 3.8) is 0 Å². The van der Waals surface area contributed by atoms with Crippen molar-refractivity contribution in [3.8, 4) is 0 Å². The van der Waals surface area contributed by atoms with Gasteiger partial charge in [-0.3, -0.25) is 0 Å². The number of unbranched alkanes of at least 4 members (excludes halogenated alkanes) is 1. The van der Waals surface area contributed by atoms with E-state index in [-0.39, 0.29) is 0 Å². The van der Waals surface area contributed by atoms with Gasteiger partial charge in [0.25, 0.3) is 0 Å². The van der Waals surface area contributed by atoms with E-state index in [4.69, 9.17) is 9.47 Å². The van der Waals surface area contributed by atoms with Crippen LogP contribution in [0.4, 0.5) is 0 Å². The molecule has 0 aromatic carbocycles. The first-order chi connectivity index (χ1) is 5.83. The van der Waals surface area contributed by atoms with Crippen molar-refractivity contribution in [3.05, 3.63) is 0 Å². The minimum atomic E-state index is 0.372. The molecule has 1 aliphatic rings. The normalized spacial score (nSPS) is 29.5. The van der Waals surface area contributed by atoms with Gasteiger partial charge in [0.1, 0.15) is 0 Å². The molecule has 0 saturated carbocycles. The topological polar surface area (TPSA) is 18.5 Å². The van der Waals surface area contributed by atoms with Gasteiger partial charge < -0.3 is 9.47 Å². The molecule has 0 aromatic heterocycles. The quantitative estimate of drug-likeness (QED) is 0.593. The van der Waals surface area contributed by atoms with E-state index in [1.807, 2.05) is 0 Å². The van der Waals surface area contributed by atoms with Gasteiger partial charge >= 0.3 is 0 Å². The van der Waals surface area contributed by atoms with Crippen molar-refractivity contribution in [1.29, 1.82) is 0 Å². The van der Waals surface area contributed by atoms with Crippen molar-refractivity contribution < 1.29 is 9.47 Å². The van der Waals surface area contributed by atoms with Gasteiger partial charge in [0, 0.05) is 6.61 Å². The Morgan fingerprint density at radius 3 is 2.83 bits per heavy atom. The molecule has 0 N–H and O–H groups in total. The fraction of sp³-hybridized carbons (Fsp3) is 1.00. The molecule has 0 aliphatic carbocycles. The Hall–Kier alpha value is -0.0800. The highest BCUT2D eigenvalue weighted by molar-refractivity contribution is 4.69. The van der Waals surface area contributed by atoms with Gasteiger partial charge in [-0.2, -0.15) is 0 Å². The summed E-state index contributed by atoms with van der Waals surface area (Å²) in [7, 11) is 0. The number of hydrogen-bond donors (Lipinski definition) is 0. The Morgan fingerprint density at radius 2 is 2.25 bits per heavy atom. The van der Waals surface area contributed by atoms with Crippen LogP contribution in [0.25, 0.3) is 0 Å². The monoisotopic (exact) mass is 172 g/mol. The smallest absolute Gasteiger partial charge is 0.0813 e. The summed E-state index contributed by atoms with van der Waals surface area (Å²) >= 11 is 0. The Labute approximate surface area is 75.2 Å². The lowest BCUT2D eigenvalue weighted by Gasteiger charge is -2.10. The standard InChI is InChI=1S/C10H20O2/c1-3-4-7-11-8-10-6-5-9(2)12-10/h9-10H,3-8H2,1-2H3. The summed E-state index contributed by atoms with van der Waals surface area (Å²) in [5, 5.41) is 0. The molecule has 72 valence electrons. The Kier molecular flexibility index (Phi) is 4.62. The van der Waals surface area contributed by atoms with Gasteiger partial charge in [-0.25, -0.2) is 0 Å². The van der Waals surface area contributed by atoms with E-state index in [1.165, 1.54) is 25.7 Å². The molecule has 0 aromatic rings. The van der Waals surface area contributed by atoms with Crippen molar-refractivity contribution >= 4 is 0 Å². The third kappa shape index (κ3) is 3.55. The summed E-state index contributed by atoms with van der Waals surface area (Å²) in [4.78, 5) is 0.